The van der Waals surface area contributed by atoms with Crippen LogP contribution in [0.4, 0.5) is 0 Å². The zero-order chi connectivity index (χ0) is 11.8. The highest BCUT2D eigenvalue weighted by atomic mass is 79.9. The average Bonchev–Trinajstić information content (AvgIpc) is 2.72. The zero-order valence-corrected chi connectivity index (χ0v) is 11.2. The lowest BCUT2D eigenvalue weighted by molar-refractivity contribution is 0.292. The molecule has 17 heavy (non-hydrogen) atoms. The molecule has 0 spiro atoms. The van der Waals surface area contributed by atoms with Crippen LogP contribution in [0.2, 0.25) is 0 Å². The van der Waals surface area contributed by atoms with Crippen LogP contribution < -0.4 is 0 Å². The smallest absolute Gasteiger partial charge is 0.226 e. The molecule has 0 N–H and O–H groups in total. The Balaban J connectivity index is 1.97. The highest BCUT2D eigenvalue weighted by Gasteiger charge is 2.20. The second-order valence-electron chi connectivity index (χ2n) is 4.38. The number of fused-ring (bicyclic) bond motifs is 1. The second-order valence-corrected chi connectivity index (χ2v) is 5.30. The lowest BCUT2D eigenvalue weighted by Crippen LogP contribution is -2.25. The zero-order valence-electron chi connectivity index (χ0n) is 9.61. The van der Waals surface area contributed by atoms with Crippen LogP contribution in [-0.4, -0.2) is 23.5 Å². The van der Waals surface area contributed by atoms with E-state index in [2.05, 4.69) is 32.9 Å². The van der Waals surface area contributed by atoms with E-state index in [0.29, 0.717) is 0 Å². The highest BCUT2D eigenvalue weighted by Crippen LogP contribution is 2.26. The normalized spacial score (nSPS) is 15.9. The fourth-order valence-electron chi connectivity index (χ4n) is 2.05. The van der Waals surface area contributed by atoms with E-state index in [9.17, 15) is 0 Å². The van der Waals surface area contributed by atoms with Gasteiger partial charge in [-0.25, -0.2) is 4.98 Å². The van der Waals surface area contributed by atoms with Crippen molar-refractivity contribution >= 4 is 15.9 Å². The summed E-state index contributed by atoms with van der Waals surface area (Å²) in [5.74, 6) is 1.78. The summed E-state index contributed by atoms with van der Waals surface area (Å²) in [4.78, 5) is 6.84. The number of hydrogen-bond acceptors (Lipinski definition) is 3. The molecule has 0 aliphatic carbocycles. The summed E-state index contributed by atoms with van der Waals surface area (Å²) in [7, 11) is 2.11. The van der Waals surface area contributed by atoms with Gasteiger partial charge in [-0.15, -0.1) is 0 Å². The van der Waals surface area contributed by atoms with E-state index in [4.69, 9.17) is 4.42 Å². The van der Waals surface area contributed by atoms with E-state index in [0.717, 1.165) is 46.9 Å². The molecule has 3 nitrogen and oxygen atoms in total. The van der Waals surface area contributed by atoms with E-state index in [1.807, 2.05) is 24.3 Å². The Morgan fingerprint density at radius 3 is 2.82 bits per heavy atom. The van der Waals surface area contributed by atoms with Crippen LogP contribution in [0.15, 0.2) is 33.2 Å². The van der Waals surface area contributed by atoms with Crippen molar-refractivity contribution in [2.45, 2.75) is 13.0 Å². The lowest BCUT2D eigenvalue weighted by atomic mass is 10.2. The number of nitrogens with zero attached hydrogens (tertiary/aromatic N) is 2. The van der Waals surface area contributed by atoms with Gasteiger partial charge in [0.25, 0.3) is 0 Å². The van der Waals surface area contributed by atoms with Crippen molar-refractivity contribution in [3.8, 4) is 11.5 Å². The first kappa shape index (κ1) is 11.0. The number of rotatable bonds is 1. The first-order valence-electron chi connectivity index (χ1n) is 5.65. The van der Waals surface area contributed by atoms with Crippen LogP contribution in [0.3, 0.4) is 0 Å². The van der Waals surface area contributed by atoms with Gasteiger partial charge >= 0.3 is 0 Å². The van der Waals surface area contributed by atoms with Crippen LogP contribution in [0.25, 0.3) is 11.5 Å². The van der Waals surface area contributed by atoms with Crippen LogP contribution in [0.5, 0.6) is 0 Å². The Labute approximate surface area is 109 Å². The van der Waals surface area contributed by atoms with Gasteiger partial charge in [-0.2, -0.15) is 0 Å². The standard InChI is InChI=1S/C13H13BrN2O/c1-16-7-6-12-11(8-16)15-13(17-12)9-2-4-10(14)5-3-9/h2-5H,6-8H2,1H3. The Morgan fingerprint density at radius 2 is 2.06 bits per heavy atom. The Bertz CT molecular complexity index is 533. The van der Waals surface area contributed by atoms with Crippen LogP contribution in [0.1, 0.15) is 11.5 Å². The summed E-state index contributed by atoms with van der Waals surface area (Å²) in [5.41, 5.74) is 2.11. The van der Waals surface area contributed by atoms with Gasteiger partial charge in [0.05, 0.1) is 5.69 Å². The van der Waals surface area contributed by atoms with Gasteiger partial charge in [-0.05, 0) is 31.3 Å². The average molecular weight is 293 g/mol. The van der Waals surface area contributed by atoms with Crippen molar-refractivity contribution in [1.82, 2.24) is 9.88 Å². The van der Waals surface area contributed by atoms with Crippen molar-refractivity contribution in [3.63, 3.8) is 0 Å². The maximum atomic E-state index is 5.83. The van der Waals surface area contributed by atoms with E-state index in [-0.39, 0.29) is 0 Å². The van der Waals surface area contributed by atoms with Crippen molar-refractivity contribution in [2.24, 2.45) is 0 Å². The molecule has 4 heteroatoms. The molecule has 1 aliphatic rings. The van der Waals surface area contributed by atoms with Gasteiger partial charge in [0.2, 0.25) is 5.89 Å². The monoisotopic (exact) mass is 292 g/mol. The van der Waals surface area contributed by atoms with E-state index < -0.39 is 0 Å². The number of benzene rings is 1. The molecule has 3 rings (SSSR count). The predicted octanol–water partition coefficient (Wildman–Crippen LogP) is 3.09. The Morgan fingerprint density at radius 1 is 1.29 bits per heavy atom. The molecule has 0 fully saturated rings. The van der Waals surface area contributed by atoms with E-state index in [1.165, 1.54) is 0 Å². The number of oxazole rings is 1. The quantitative estimate of drug-likeness (QED) is 0.809. The summed E-state index contributed by atoms with van der Waals surface area (Å²) in [6.07, 6.45) is 0.954. The van der Waals surface area contributed by atoms with Crippen molar-refractivity contribution in [3.05, 3.63) is 40.2 Å². The minimum atomic E-state index is 0.734. The minimum Gasteiger partial charge on any atom is -0.441 e. The van der Waals surface area contributed by atoms with Gasteiger partial charge in [-0.3, -0.25) is 4.90 Å². The van der Waals surface area contributed by atoms with Crippen LogP contribution in [-0.2, 0) is 13.0 Å². The van der Waals surface area contributed by atoms with Crippen LogP contribution >= 0.6 is 15.9 Å². The molecule has 1 aromatic heterocycles. The van der Waals surface area contributed by atoms with Gasteiger partial charge in [0.1, 0.15) is 5.76 Å². The molecular formula is C13H13BrN2O. The first-order chi connectivity index (χ1) is 8.22. The molecule has 0 unspecified atom stereocenters. The maximum absolute atomic E-state index is 5.83. The van der Waals surface area contributed by atoms with Crippen molar-refractivity contribution < 1.29 is 4.42 Å². The maximum Gasteiger partial charge on any atom is 0.226 e. The van der Waals surface area contributed by atoms with Gasteiger partial charge in [0, 0.05) is 29.5 Å². The number of halogens is 1. The summed E-state index contributed by atoms with van der Waals surface area (Å²) in [6, 6.07) is 8.05. The summed E-state index contributed by atoms with van der Waals surface area (Å²) in [6.45, 7) is 1.93. The third kappa shape index (κ3) is 2.15. The molecule has 1 aliphatic heterocycles. The lowest BCUT2D eigenvalue weighted by Gasteiger charge is -2.19. The van der Waals surface area contributed by atoms with Crippen LogP contribution in [0, 0.1) is 0 Å². The molecule has 0 bridgehead atoms. The van der Waals surface area contributed by atoms with Gasteiger partial charge in [-0.1, -0.05) is 15.9 Å². The molecular weight excluding hydrogens is 280 g/mol. The highest BCUT2D eigenvalue weighted by molar-refractivity contribution is 9.10. The first-order valence-corrected chi connectivity index (χ1v) is 6.45. The van der Waals surface area contributed by atoms with E-state index >= 15 is 0 Å². The Hall–Kier alpha value is -1.13. The SMILES string of the molecule is CN1CCc2oc(-c3ccc(Br)cc3)nc2C1. The summed E-state index contributed by atoms with van der Waals surface area (Å²) < 4.78 is 6.89. The molecule has 2 aromatic rings. The predicted molar refractivity (Wildman–Crippen MR) is 69.7 cm³/mol. The molecule has 0 amide bonds. The third-order valence-corrected chi connectivity index (χ3v) is 3.54. The molecule has 88 valence electrons. The fraction of sp³-hybridized carbons (Fsp3) is 0.308. The molecule has 1 aromatic carbocycles. The molecule has 0 atom stereocenters. The minimum absolute atomic E-state index is 0.734. The number of likely N-dealkylation sites (N-methyl/N-ethyl adjacent to an activating group) is 1. The Kier molecular flexibility index (Phi) is 2.76. The molecule has 0 saturated carbocycles. The van der Waals surface area contributed by atoms with Crippen molar-refractivity contribution in [1.29, 1.82) is 0 Å². The van der Waals surface area contributed by atoms with Gasteiger partial charge in [0.15, 0.2) is 0 Å². The van der Waals surface area contributed by atoms with Crippen molar-refractivity contribution in [2.75, 3.05) is 13.6 Å². The van der Waals surface area contributed by atoms with E-state index in [1.54, 1.807) is 0 Å². The molecule has 0 saturated heterocycles. The summed E-state index contributed by atoms with van der Waals surface area (Å²) in [5, 5.41) is 0. The topological polar surface area (TPSA) is 29.3 Å². The third-order valence-electron chi connectivity index (χ3n) is 3.01. The number of aromatic nitrogens is 1. The second kappa shape index (κ2) is 4.27. The summed E-state index contributed by atoms with van der Waals surface area (Å²) >= 11 is 3.43. The fourth-order valence-corrected chi connectivity index (χ4v) is 2.31. The molecule has 2 heterocycles. The van der Waals surface area contributed by atoms with Gasteiger partial charge < -0.3 is 4.42 Å². The molecule has 0 radical (unpaired) electrons. The number of hydrogen-bond donors (Lipinski definition) is 0. The largest absolute Gasteiger partial charge is 0.441 e.